The molecule has 0 radical (unpaired) electrons. The van der Waals surface area contributed by atoms with Crippen LogP contribution < -0.4 is 20.9 Å². The van der Waals surface area contributed by atoms with Crippen LogP contribution in [0.4, 0.5) is 16.6 Å². The maximum Gasteiger partial charge on any atom is 0.328 e. The molecule has 9 nitrogen and oxygen atoms in total. The zero-order valence-electron chi connectivity index (χ0n) is 18.9. The van der Waals surface area contributed by atoms with Gasteiger partial charge in [-0.15, -0.1) is 0 Å². The number of carbonyl (C=O) groups is 2. The molecule has 1 fully saturated rings. The van der Waals surface area contributed by atoms with Gasteiger partial charge in [-0.25, -0.2) is 14.6 Å². The summed E-state index contributed by atoms with van der Waals surface area (Å²) in [7, 11) is 5.21. The lowest BCUT2D eigenvalue weighted by Crippen LogP contribution is -2.51. The number of benzene rings is 1. The van der Waals surface area contributed by atoms with E-state index in [4.69, 9.17) is 4.74 Å². The van der Waals surface area contributed by atoms with E-state index in [0.29, 0.717) is 12.4 Å². The van der Waals surface area contributed by atoms with E-state index < -0.39 is 12.0 Å². The first-order chi connectivity index (χ1) is 15.4. The highest BCUT2D eigenvalue weighted by molar-refractivity contribution is 5.83. The number of nitrogens with one attached hydrogen (secondary N) is 3. The highest BCUT2D eigenvalue weighted by Crippen LogP contribution is 2.21. The Kier molecular flexibility index (Phi) is 8.24. The highest BCUT2D eigenvalue weighted by atomic mass is 16.5. The van der Waals surface area contributed by atoms with Gasteiger partial charge in [0, 0.05) is 38.8 Å². The molecule has 0 bridgehead atoms. The summed E-state index contributed by atoms with van der Waals surface area (Å²) < 4.78 is 4.86. The minimum atomic E-state index is -0.735. The zero-order chi connectivity index (χ0) is 22.9. The second kappa shape index (κ2) is 11.3. The lowest BCUT2D eigenvalue weighted by atomic mass is 9.91. The third-order valence-electron chi connectivity index (χ3n) is 5.57. The van der Waals surface area contributed by atoms with Gasteiger partial charge in [0.2, 0.25) is 5.95 Å². The number of aromatic nitrogens is 2. The Hall–Kier alpha value is -3.36. The van der Waals surface area contributed by atoms with Crippen LogP contribution in [0.5, 0.6) is 0 Å². The Balaban J connectivity index is 1.46. The Morgan fingerprint density at radius 3 is 2.44 bits per heavy atom. The number of ether oxygens (including phenoxy) is 1. The molecule has 2 aromatic rings. The summed E-state index contributed by atoms with van der Waals surface area (Å²) in [5.41, 5.74) is 0.954. The summed E-state index contributed by atoms with van der Waals surface area (Å²) in [6, 6.07) is 10.6. The Morgan fingerprint density at radius 1 is 1.09 bits per heavy atom. The fraction of sp³-hybridized carbons (Fsp3) is 0.478. The molecule has 1 saturated carbocycles. The van der Waals surface area contributed by atoms with Gasteiger partial charge in [-0.05, 0) is 37.3 Å². The van der Waals surface area contributed by atoms with Gasteiger partial charge in [0.15, 0.2) is 0 Å². The van der Waals surface area contributed by atoms with Crippen molar-refractivity contribution in [3.05, 3.63) is 48.2 Å². The summed E-state index contributed by atoms with van der Waals surface area (Å²) in [4.78, 5) is 35.4. The molecular weight excluding hydrogens is 408 g/mol. The molecule has 0 aliphatic heterocycles. The minimum absolute atomic E-state index is 0.0529. The van der Waals surface area contributed by atoms with Crippen molar-refractivity contribution in [3.63, 3.8) is 0 Å². The Morgan fingerprint density at radius 2 is 1.78 bits per heavy atom. The van der Waals surface area contributed by atoms with Crippen molar-refractivity contribution in [2.24, 2.45) is 0 Å². The second-order valence-corrected chi connectivity index (χ2v) is 8.21. The number of hydrogen-bond donors (Lipinski definition) is 3. The van der Waals surface area contributed by atoms with Gasteiger partial charge in [-0.1, -0.05) is 30.3 Å². The van der Waals surface area contributed by atoms with Gasteiger partial charge in [-0.3, -0.25) is 0 Å². The van der Waals surface area contributed by atoms with Crippen molar-refractivity contribution in [1.82, 2.24) is 20.6 Å². The first-order valence-corrected chi connectivity index (χ1v) is 10.9. The topological polar surface area (TPSA) is 108 Å². The normalized spacial score (nSPS) is 18.8. The van der Waals surface area contributed by atoms with Crippen LogP contribution in [0.15, 0.2) is 42.6 Å². The summed E-state index contributed by atoms with van der Waals surface area (Å²) in [6.07, 6.45) is 5.58. The lowest BCUT2D eigenvalue weighted by molar-refractivity contribution is -0.142. The van der Waals surface area contributed by atoms with E-state index in [0.717, 1.165) is 37.1 Å². The Bertz CT molecular complexity index is 884. The fourth-order valence-electron chi connectivity index (χ4n) is 3.80. The number of amides is 2. The van der Waals surface area contributed by atoms with Crippen LogP contribution in [-0.4, -0.2) is 61.3 Å². The molecule has 2 amide bonds. The van der Waals surface area contributed by atoms with Gasteiger partial charge in [-0.2, -0.15) is 4.98 Å². The number of esters is 1. The molecule has 0 saturated heterocycles. The van der Waals surface area contributed by atoms with Crippen LogP contribution in [0.2, 0.25) is 0 Å². The molecule has 1 unspecified atom stereocenters. The molecule has 9 heteroatoms. The summed E-state index contributed by atoms with van der Waals surface area (Å²) in [5.74, 6) is 1.01. The van der Waals surface area contributed by atoms with Crippen LogP contribution >= 0.6 is 0 Å². The number of nitrogens with zero attached hydrogens (tertiary/aromatic N) is 3. The molecule has 1 aliphatic rings. The van der Waals surface area contributed by atoms with E-state index in [-0.39, 0.29) is 18.1 Å². The number of carbonyl (C=O) groups excluding carboxylic acids is 2. The van der Waals surface area contributed by atoms with Gasteiger partial charge < -0.3 is 25.6 Å². The van der Waals surface area contributed by atoms with Crippen LogP contribution in [0, 0.1) is 0 Å². The molecule has 1 heterocycles. The van der Waals surface area contributed by atoms with Crippen molar-refractivity contribution < 1.29 is 14.3 Å². The fourth-order valence-corrected chi connectivity index (χ4v) is 3.80. The molecule has 32 heavy (non-hydrogen) atoms. The maximum atomic E-state index is 12.5. The average Bonchev–Trinajstić information content (AvgIpc) is 2.80. The molecular formula is C23H32N6O3. The predicted octanol–water partition coefficient (Wildman–Crippen LogP) is 2.35. The molecule has 3 rings (SSSR count). The van der Waals surface area contributed by atoms with E-state index in [9.17, 15) is 9.59 Å². The minimum Gasteiger partial charge on any atom is -0.467 e. The average molecular weight is 441 g/mol. The molecule has 1 aliphatic carbocycles. The maximum absolute atomic E-state index is 12.5. The number of urea groups is 1. The molecule has 1 aromatic carbocycles. The number of anilines is 2. The van der Waals surface area contributed by atoms with Crippen LogP contribution in [0.3, 0.4) is 0 Å². The summed E-state index contributed by atoms with van der Waals surface area (Å²) in [6.45, 7) is 0. The highest BCUT2D eigenvalue weighted by Gasteiger charge is 2.26. The van der Waals surface area contributed by atoms with Crippen LogP contribution in [0.1, 0.15) is 31.2 Å². The first-order valence-electron chi connectivity index (χ1n) is 10.9. The van der Waals surface area contributed by atoms with Crippen molar-refractivity contribution in [2.45, 2.75) is 50.2 Å². The van der Waals surface area contributed by atoms with E-state index in [2.05, 4.69) is 25.9 Å². The molecule has 1 aromatic heterocycles. The number of methoxy groups -OCH3 is 1. The SMILES string of the molecule is COC(=O)C(Cc1ccccc1)NC(=O)NC1CCC(Nc2nccc(N(C)C)n2)CC1. The second-order valence-electron chi connectivity index (χ2n) is 8.21. The standard InChI is InChI=1S/C23H32N6O3/c1-29(2)20-13-14-24-22(28-20)25-17-9-11-18(12-10-17)26-23(31)27-19(21(30)32-3)15-16-7-5-4-6-8-16/h4-8,13-14,17-19H,9-12,15H2,1-3H3,(H,24,25,28)(H2,26,27,31). The van der Waals surface area contributed by atoms with E-state index in [1.54, 1.807) is 6.20 Å². The predicted molar refractivity (Wildman–Crippen MR) is 124 cm³/mol. The van der Waals surface area contributed by atoms with Crippen molar-refractivity contribution in [3.8, 4) is 0 Å². The summed E-state index contributed by atoms with van der Waals surface area (Å²) in [5, 5.41) is 9.16. The molecule has 172 valence electrons. The largest absolute Gasteiger partial charge is 0.467 e. The lowest BCUT2D eigenvalue weighted by Gasteiger charge is -2.30. The van der Waals surface area contributed by atoms with Crippen molar-refractivity contribution in [2.75, 3.05) is 31.4 Å². The van der Waals surface area contributed by atoms with E-state index in [1.165, 1.54) is 7.11 Å². The first kappa shape index (κ1) is 23.3. The third kappa shape index (κ3) is 6.83. The third-order valence-corrected chi connectivity index (χ3v) is 5.57. The molecule has 0 spiro atoms. The van der Waals surface area contributed by atoms with E-state index >= 15 is 0 Å². The van der Waals surface area contributed by atoms with Gasteiger partial charge >= 0.3 is 12.0 Å². The van der Waals surface area contributed by atoms with Crippen LogP contribution in [-0.2, 0) is 16.0 Å². The quantitative estimate of drug-likeness (QED) is 0.541. The number of hydrogen-bond acceptors (Lipinski definition) is 7. The van der Waals surface area contributed by atoms with Crippen molar-refractivity contribution in [1.29, 1.82) is 0 Å². The molecule has 1 atom stereocenters. The Labute approximate surface area is 189 Å². The molecule has 3 N–H and O–H groups in total. The van der Waals surface area contributed by atoms with E-state index in [1.807, 2.05) is 55.4 Å². The van der Waals surface area contributed by atoms with Gasteiger partial charge in [0.1, 0.15) is 11.9 Å². The van der Waals surface area contributed by atoms with Gasteiger partial charge in [0.25, 0.3) is 0 Å². The van der Waals surface area contributed by atoms with Gasteiger partial charge in [0.05, 0.1) is 7.11 Å². The zero-order valence-corrected chi connectivity index (χ0v) is 18.9. The van der Waals surface area contributed by atoms with Crippen molar-refractivity contribution >= 4 is 23.8 Å². The summed E-state index contributed by atoms with van der Waals surface area (Å²) >= 11 is 0. The smallest absolute Gasteiger partial charge is 0.328 e. The number of rotatable bonds is 8. The monoisotopic (exact) mass is 440 g/mol. The van der Waals surface area contributed by atoms with Crippen LogP contribution in [0.25, 0.3) is 0 Å².